The minimum atomic E-state index is -0.148. The van der Waals surface area contributed by atoms with Gasteiger partial charge >= 0.3 is 0 Å². The predicted octanol–water partition coefficient (Wildman–Crippen LogP) is 14.2. The van der Waals surface area contributed by atoms with Crippen LogP contribution in [0, 0.1) is 0 Å². The van der Waals surface area contributed by atoms with Gasteiger partial charge in [-0.1, -0.05) is 119 Å². The minimum Gasteiger partial charge on any atom is -0.456 e. The van der Waals surface area contributed by atoms with Gasteiger partial charge in [-0.25, -0.2) is 0 Å². The normalized spacial score (nSPS) is 15.8. The fraction of sp³-hybridized carbons (Fsp3) is 0.192. The summed E-state index contributed by atoms with van der Waals surface area (Å²) in [5.41, 5.74) is 21.4. The van der Waals surface area contributed by atoms with Crippen LogP contribution in [0.25, 0.3) is 55.3 Å². The maximum Gasteiger partial charge on any atom is 0.137 e. The minimum absolute atomic E-state index is 0.126. The molecule has 2 heteroatoms. The molecule has 0 atom stereocenters. The third kappa shape index (κ3) is 4.46. The van der Waals surface area contributed by atoms with E-state index in [1.165, 1.54) is 91.7 Å². The molecule has 11 rings (SSSR count). The van der Waals surface area contributed by atoms with E-state index in [-0.39, 0.29) is 10.8 Å². The fourth-order valence-electron chi connectivity index (χ4n) is 10.2. The number of hydrogen-bond acceptors (Lipinski definition) is 2. The van der Waals surface area contributed by atoms with Gasteiger partial charge in [0.25, 0.3) is 0 Å². The molecular weight excluding hydrogens is 655 g/mol. The lowest BCUT2D eigenvalue weighted by atomic mass is 9.81. The van der Waals surface area contributed by atoms with Crippen molar-refractivity contribution in [1.29, 1.82) is 0 Å². The van der Waals surface area contributed by atoms with E-state index in [0.717, 1.165) is 39.7 Å². The molecule has 0 N–H and O–H groups in total. The molecular formula is C52H43NO. The maximum absolute atomic E-state index is 6.56. The number of nitrogens with zero attached hydrogens (tertiary/aromatic N) is 1. The van der Waals surface area contributed by atoms with E-state index in [1.807, 2.05) is 0 Å². The number of furan rings is 1. The first-order valence-corrected chi connectivity index (χ1v) is 19.6. The van der Waals surface area contributed by atoms with Crippen LogP contribution in [0.5, 0.6) is 0 Å². The lowest BCUT2D eigenvalue weighted by Gasteiger charge is -2.32. The number of benzene rings is 7. The summed E-state index contributed by atoms with van der Waals surface area (Å²) in [5.74, 6) is 0. The molecule has 3 aliphatic rings. The SMILES string of the molecule is CC1(C)c2ccccc2-c2ccc(N(c3ccc4c(c3)oc3ccccc34)c3cc4c(cc3-c3ccc5c(c3)CCCC5)-c3ccccc3C4(C)C)cc21. The molecule has 0 saturated carbocycles. The second-order valence-electron chi connectivity index (χ2n) is 16.8. The maximum atomic E-state index is 6.56. The molecule has 0 amide bonds. The van der Waals surface area contributed by atoms with Crippen LogP contribution in [0.1, 0.15) is 73.9 Å². The molecule has 1 heterocycles. The van der Waals surface area contributed by atoms with Gasteiger partial charge in [-0.3, -0.25) is 0 Å². The van der Waals surface area contributed by atoms with Crippen LogP contribution < -0.4 is 4.90 Å². The first kappa shape index (κ1) is 31.6. The van der Waals surface area contributed by atoms with Gasteiger partial charge in [0.2, 0.25) is 0 Å². The Morgan fingerprint density at radius 3 is 1.85 bits per heavy atom. The summed E-state index contributed by atoms with van der Waals surface area (Å²) in [4.78, 5) is 2.51. The van der Waals surface area contributed by atoms with Crippen molar-refractivity contribution in [1.82, 2.24) is 0 Å². The average molecular weight is 698 g/mol. The van der Waals surface area contributed by atoms with Crippen molar-refractivity contribution in [2.24, 2.45) is 0 Å². The van der Waals surface area contributed by atoms with E-state index < -0.39 is 0 Å². The summed E-state index contributed by atoms with van der Waals surface area (Å²) in [7, 11) is 0. The van der Waals surface area contributed by atoms with Gasteiger partial charge in [0.05, 0.1) is 5.69 Å². The van der Waals surface area contributed by atoms with Crippen molar-refractivity contribution < 1.29 is 4.42 Å². The van der Waals surface area contributed by atoms with E-state index >= 15 is 0 Å². The standard InChI is InChI=1S/C52H43NO/c1-51(2)44-18-10-7-15-37(44)39-25-23-35(28-46(39)51)53(36-24-26-41-40-17-9-12-20-49(40)54-50(41)29-36)48-31-47-43(38-16-8-11-19-45(38)52(47,3)4)30-42(48)34-22-21-32-13-5-6-14-33(32)27-34/h7-12,15-31H,5-6,13-14H2,1-4H3. The molecule has 0 unspecified atom stereocenters. The largest absolute Gasteiger partial charge is 0.456 e. The Morgan fingerprint density at radius 2 is 1.06 bits per heavy atom. The van der Waals surface area contributed by atoms with E-state index in [9.17, 15) is 0 Å². The summed E-state index contributed by atoms with van der Waals surface area (Å²) in [6.07, 6.45) is 4.85. The van der Waals surface area contributed by atoms with Gasteiger partial charge in [-0.15, -0.1) is 0 Å². The number of fused-ring (bicyclic) bond motifs is 10. The molecule has 0 spiro atoms. The van der Waals surface area contributed by atoms with Gasteiger partial charge < -0.3 is 9.32 Å². The summed E-state index contributed by atoms with van der Waals surface area (Å²) >= 11 is 0. The molecule has 0 aliphatic heterocycles. The molecule has 8 aromatic rings. The number of rotatable bonds is 4. The summed E-state index contributed by atoms with van der Waals surface area (Å²) < 4.78 is 6.56. The number of anilines is 3. The monoisotopic (exact) mass is 697 g/mol. The Labute approximate surface area is 317 Å². The van der Waals surface area contributed by atoms with Crippen molar-refractivity contribution >= 4 is 39.0 Å². The molecule has 0 bridgehead atoms. The van der Waals surface area contributed by atoms with Crippen molar-refractivity contribution in [2.45, 2.75) is 64.2 Å². The van der Waals surface area contributed by atoms with Crippen molar-refractivity contribution in [2.75, 3.05) is 4.90 Å². The number of para-hydroxylation sites is 1. The highest BCUT2D eigenvalue weighted by atomic mass is 16.3. The van der Waals surface area contributed by atoms with Crippen LogP contribution in [0.15, 0.2) is 144 Å². The Balaban J connectivity index is 1.21. The predicted molar refractivity (Wildman–Crippen MR) is 226 cm³/mol. The second-order valence-corrected chi connectivity index (χ2v) is 16.8. The zero-order chi connectivity index (χ0) is 36.3. The smallest absolute Gasteiger partial charge is 0.137 e. The van der Waals surface area contributed by atoms with Gasteiger partial charge in [0.15, 0.2) is 0 Å². The highest BCUT2D eigenvalue weighted by molar-refractivity contribution is 6.06. The molecule has 0 saturated heterocycles. The zero-order valence-corrected chi connectivity index (χ0v) is 31.5. The molecule has 2 nitrogen and oxygen atoms in total. The lowest BCUT2D eigenvalue weighted by Crippen LogP contribution is -2.18. The Morgan fingerprint density at radius 1 is 0.444 bits per heavy atom. The summed E-state index contributed by atoms with van der Waals surface area (Å²) in [5, 5.41) is 2.29. The highest BCUT2D eigenvalue weighted by Crippen LogP contribution is 2.55. The van der Waals surface area contributed by atoms with Crippen LogP contribution in [-0.4, -0.2) is 0 Å². The summed E-state index contributed by atoms with van der Waals surface area (Å²) in [6.45, 7) is 9.53. The third-order valence-electron chi connectivity index (χ3n) is 13.0. The molecule has 1 aromatic heterocycles. The summed E-state index contributed by atoms with van der Waals surface area (Å²) in [6, 6.07) is 52.6. The highest BCUT2D eigenvalue weighted by Gasteiger charge is 2.38. The number of aryl methyl sites for hydroxylation is 2. The van der Waals surface area contributed by atoms with Crippen molar-refractivity contribution in [3.8, 4) is 33.4 Å². The third-order valence-corrected chi connectivity index (χ3v) is 13.0. The Bertz CT molecular complexity index is 2850. The van der Waals surface area contributed by atoms with Crippen LogP contribution in [-0.2, 0) is 23.7 Å². The first-order valence-electron chi connectivity index (χ1n) is 19.6. The van der Waals surface area contributed by atoms with Crippen molar-refractivity contribution in [3.05, 3.63) is 173 Å². The average Bonchev–Trinajstić information content (AvgIpc) is 3.77. The first-order chi connectivity index (χ1) is 26.3. The molecule has 54 heavy (non-hydrogen) atoms. The Hall–Kier alpha value is -5.86. The van der Waals surface area contributed by atoms with Crippen LogP contribution in [0.4, 0.5) is 17.1 Å². The molecule has 3 aliphatic carbocycles. The van der Waals surface area contributed by atoms with E-state index in [4.69, 9.17) is 4.42 Å². The second kappa shape index (κ2) is 11.3. The van der Waals surface area contributed by atoms with Gasteiger partial charge in [0, 0.05) is 44.6 Å². The van der Waals surface area contributed by atoms with Crippen LogP contribution in [0.2, 0.25) is 0 Å². The molecule has 0 radical (unpaired) electrons. The van der Waals surface area contributed by atoms with E-state index in [0.29, 0.717) is 0 Å². The van der Waals surface area contributed by atoms with Gasteiger partial charge in [-0.2, -0.15) is 0 Å². The van der Waals surface area contributed by atoms with Crippen LogP contribution >= 0.6 is 0 Å². The van der Waals surface area contributed by atoms with E-state index in [2.05, 4.69) is 172 Å². The van der Waals surface area contributed by atoms with Gasteiger partial charge in [0.1, 0.15) is 11.2 Å². The Kier molecular flexibility index (Phi) is 6.64. The topological polar surface area (TPSA) is 16.4 Å². The quantitative estimate of drug-likeness (QED) is 0.182. The zero-order valence-electron chi connectivity index (χ0n) is 31.5. The molecule has 7 aromatic carbocycles. The van der Waals surface area contributed by atoms with Crippen LogP contribution in [0.3, 0.4) is 0 Å². The number of hydrogen-bond donors (Lipinski definition) is 0. The lowest BCUT2D eigenvalue weighted by molar-refractivity contribution is 0.660. The van der Waals surface area contributed by atoms with E-state index in [1.54, 1.807) is 0 Å². The van der Waals surface area contributed by atoms with Gasteiger partial charge in [-0.05, 0) is 129 Å². The van der Waals surface area contributed by atoms with Crippen molar-refractivity contribution in [3.63, 3.8) is 0 Å². The fourth-order valence-corrected chi connectivity index (χ4v) is 10.2. The molecule has 0 fully saturated rings. The molecule has 262 valence electrons.